The van der Waals surface area contributed by atoms with Crippen molar-refractivity contribution in [2.24, 2.45) is 0 Å². The van der Waals surface area contributed by atoms with Gasteiger partial charge in [0.15, 0.2) is 0 Å². The van der Waals surface area contributed by atoms with E-state index in [1.807, 2.05) is 19.1 Å². The van der Waals surface area contributed by atoms with Crippen LogP contribution >= 0.6 is 0 Å². The molecule has 0 aromatic heterocycles. The number of carbonyl (C=O) groups is 1. The molecule has 196 valence electrons. The Kier molecular flexibility index (Phi) is 7.52. The second kappa shape index (κ2) is 11.0. The maximum atomic E-state index is 15.9. The number of nitrogens with zero attached hydrogens (tertiary/aromatic N) is 1. The third kappa shape index (κ3) is 5.32. The largest absolute Gasteiger partial charge is 0.478 e. The molecule has 3 aromatic carbocycles. The van der Waals surface area contributed by atoms with Crippen molar-refractivity contribution in [3.63, 3.8) is 0 Å². The van der Waals surface area contributed by atoms with Crippen molar-refractivity contribution >= 4 is 23.2 Å². The minimum atomic E-state index is -1.000. The first-order chi connectivity index (χ1) is 18.3. The average molecular weight is 518 g/mol. The van der Waals surface area contributed by atoms with Gasteiger partial charge in [-0.2, -0.15) is 0 Å². The molecule has 0 atom stereocenters. The number of aryl methyl sites for hydroxylation is 2. The Morgan fingerprint density at radius 2 is 1.74 bits per heavy atom. The van der Waals surface area contributed by atoms with Gasteiger partial charge < -0.3 is 5.11 Å². The Labute approximate surface area is 220 Å². The van der Waals surface area contributed by atoms with Crippen molar-refractivity contribution in [2.75, 3.05) is 26.3 Å². The van der Waals surface area contributed by atoms with Gasteiger partial charge in [-0.05, 0) is 107 Å². The summed E-state index contributed by atoms with van der Waals surface area (Å²) in [5.41, 5.74) is 7.54. The molecule has 3 aromatic rings. The zero-order valence-electron chi connectivity index (χ0n) is 21.4. The number of fused-ring (bicyclic) bond motifs is 1. The standard InChI is InChI=1S/C32H30F3NO2/c1-20-14-25(34)8-11-26(20)28-5-2-4-23-17-24(32(37)38)7-10-27(23)31(28)29-9-6-21(16-30(29)35)15-22-18-36(19-22)13-3-12-33/h6-11,14-17H,2-5,12-13,18-19H2,1H3,(H,37,38). The maximum Gasteiger partial charge on any atom is 0.335 e. The summed E-state index contributed by atoms with van der Waals surface area (Å²) in [6.45, 7) is 3.79. The monoisotopic (exact) mass is 517 g/mol. The van der Waals surface area contributed by atoms with Crippen molar-refractivity contribution in [3.05, 3.63) is 111 Å². The van der Waals surface area contributed by atoms with Crippen LogP contribution in [0.4, 0.5) is 13.2 Å². The molecule has 1 aliphatic heterocycles. The van der Waals surface area contributed by atoms with Gasteiger partial charge in [-0.3, -0.25) is 9.29 Å². The number of likely N-dealkylation sites (tertiary alicyclic amines) is 1. The van der Waals surface area contributed by atoms with Crippen LogP contribution in [0.15, 0.2) is 60.2 Å². The van der Waals surface area contributed by atoms with Gasteiger partial charge in [0.25, 0.3) is 0 Å². The molecule has 1 saturated heterocycles. The molecule has 0 spiro atoms. The first-order valence-electron chi connectivity index (χ1n) is 13.0. The van der Waals surface area contributed by atoms with Crippen molar-refractivity contribution in [3.8, 4) is 0 Å². The fraction of sp³-hybridized carbons (Fsp3) is 0.281. The smallest absolute Gasteiger partial charge is 0.335 e. The molecule has 0 amide bonds. The Bertz CT molecular complexity index is 1450. The molecule has 1 aliphatic carbocycles. The molecule has 3 nitrogen and oxygen atoms in total. The van der Waals surface area contributed by atoms with Crippen LogP contribution in [-0.2, 0) is 6.42 Å². The van der Waals surface area contributed by atoms with Crippen LogP contribution in [0.2, 0.25) is 0 Å². The minimum absolute atomic E-state index is 0.202. The Balaban J connectivity index is 1.60. The quantitative estimate of drug-likeness (QED) is 0.357. The van der Waals surface area contributed by atoms with Crippen LogP contribution in [0, 0.1) is 18.6 Å². The first-order valence-corrected chi connectivity index (χ1v) is 13.0. The van der Waals surface area contributed by atoms with Gasteiger partial charge >= 0.3 is 5.97 Å². The summed E-state index contributed by atoms with van der Waals surface area (Å²) in [4.78, 5) is 13.8. The average Bonchev–Trinajstić information content (AvgIpc) is 3.04. The molecule has 5 rings (SSSR count). The molecule has 0 radical (unpaired) electrons. The van der Waals surface area contributed by atoms with E-state index in [1.165, 1.54) is 23.8 Å². The fourth-order valence-corrected chi connectivity index (χ4v) is 5.58. The van der Waals surface area contributed by atoms with Crippen molar-refractivity contribution in [2.45, 2.75) is 32.6 Å². The predicted octanol–water partition coefficient (Wildman–Crippen LogP) is 7.33. The van der Waals surface area contributed by atoms with Crippen LogP contribution in [0.25, 0.3) is 17.2 Å². The van der Waals surface area contributed by atoms with E-state index in [-0.39, 0.29) is 23.9 Å². The zero-order chi connectivity index (χ0) is 26.8. The minimum Gasteiger partial charge on any atom is -0.478 e. The van der Waals surface area contributed by atoms with E-state index < -0.39 is 5.97 Å². The first kappa shape index (κ1) is 26.0. The van der Waals surface area contributed by atoms with E-state index in [2.05, 4.69) is 4.90 Å². The van der Waals surface area contributed by atoms with Crippen molar-refractivity contribution in [1.82, 2.24) is 4.90 Å². The molecule has 38 heavy (non-hydrogen) atoms. The number of aromatic carboxylic acids is 1. The number of hydrogen-bond donors (Lipinski definition) is 1. The van der Waals surface area contributed by atoms with Gasteiger partial charge in [-0.15, -0.1) is 0 Å². The summed E-state index contributed by atoms with van der Waals surface area (Å²) in [6, 6.07) is 14.9. The summed E-state index contributed by atoms with van der Waals surface area (Å²) in [5, 5.41) is 9.53. The summed E-state index contributed by atoms with van der Waals surface area (Å²) in [6.07, 6.45) is 4.58. The number of carboxylic acids is 1. The van der Waals surface area contributed by atoms with E-state index in [1.54, 1.807) is 30.3 Å². The van der Waals surface area contributed by atoms with Crippen LogP contribution < -0.4 is 0 Å². The number of benzene rings is 3. The maximum absolute atomic E-state index is 15.9. The highest BCUT2D eigenvalue weighted by atomic mass is 19.1. The fourth-order valence-electron chi connectivity index (χ4n) is 5.58. The second-order valence-electron chi connectivity index (χ2n) is 10.1. The number of carboxylic acid groups (broad SMARTS) is 1. The molecule has 1 N–H and O–H groups in total. The Hall–Kier alpha value is -3.64. The van der Waals surface area contributed by atoms with Gasteiger partial charge in [-0.1, -0.05) is 30.3 Å². The summed E-state index contributed by atoms with van der Waals surface area (Å²) >= 11 is 0. The lowest BCUT2D eigenvalue weighted by molar-refractivity contribution is 0.0696. The number of hydrogen-bond acceptors (Lipinski definition) is 2. The Morgan fingerprint density at radius 1 is 0.974 bits per heavy atom. The van der Waals surface area contributed by atoms with E-state index in [9.17, 15) is 18.7 Å². The van der Waals surface area contributed by atoms with Gasteiger partial charge in [-0.25, -0.2) is 13.6 Å². The highest BCUT2D eigenvalue weighted by Crippen LogP contribution is 2.42. The third-order valence-electron chi connectivity index (χ3n) is 7.40. The van der Waals surface area contributed by atoms with Crippen molar-refractivity contribution in [1.29, 1.82) is 0 Å². The lowest BCUT2D eigenvalue weighted by Crippen LogP contribution is -2.40. The lowest BCUT2D eigenvalue weighted by atomic mass is 9.85. The molecular formula is C32H30F3NO2. The Morgan fingerprint density at radius 3 is 2.45 bits per heavy atom. The molecule has 2 aliphatic rings. The van der Waals surface area contributed by atoms with E-state index >= 15 is 4.39 Å². The summed E-state index contributed by atoms with van der Waals surface area (Å²) in [7, 11) is 0. The molecule has 6 heteroatoms. The van der Waals surface area contributed by atoms with Crippen LogP contribution in [0.3, 0.4) is 0 Å². The van der Waals surface area contributed by atoms with Crippen molar-refractivity contribution < 1.29 is 23.1 Å². The zero-order valence-corrected chi connectivity index (χ0v) is 21.4. The SMILES string of the molecule is Cc1cc(F)ccc1C1=C(c2ccc(C=C3CN(CCCF)C3)cc2F)c2ccc(C(=O)O)cc2CCC1. The van der Waals surface area contributed by atoms with Crippen LogP contribution in [-0.4, -0.2) is 42.3 Å². The third-order valence-corrected chi connectivity index (χ3v) is 7.40. The van der Waals surface area contributed by atoms with E-state index in [0.29, 0.717) is 24.8 Å². The number of alkyl halides is 1. The number of rotatable bonds is 7. The van der Waals surface area contributed by atoms with Crippen LogP contribution in [0.1, 0.15) is 63.0 Å². The van der Waals surface area contributed by atoms with Gasteiger partial charge in [0.2, 0.25) is 0 Å². The van der Waals surface area contributed by atoms with Gasteiger partial charge in [0.05, 0.1) is 12.2 Å². The molecule has 0 unspecified atom stereocenters. The predicted molar refractivity (Wildman–Crippen MR) is 145 cm³/mol. The molecular weight excluding hydrogens is 487 g/mol. The molecule has 1 fully saturated rings. The molecule has 0 bridgehead atoms. The second-order valence-corrected chi connectivity index (χ2v) is 10.1. The summed E-state index contributed by atoms with van der Waals surface area (Å²) in [5.74, 6) is -1.69. The van der Waals surface area contributed by atoms with Crippen LogP contribution in [0.5, 0.6) is 0 Å². The lowest BCUT2D eigenvalue weighted by Gasteiger charge is -2.33. The van der Waals surface area contributed by atoms with Gasteiger partial charge in [0, 0.05) is 25.2 Å². The van der Waals surface area contributed by atoms with Gasteiger partial charge in [0.1, 0.15) is 11.6 Å². The molecule has 1 heterocycles. The normalized spacial score (nSPS) is 15.6. The van der Waals surface area contributed by atoms with E-state index in [0.717, 1.165) is 65.0 Å². The summed E-state index contributed by atoms with van der Waals surface area (Å²) < 4.78 is 42.2. The molecule has 0 saturated carbocycles. The number of halogens is 3. The number of allylic oxidation sites excluding steroid dienone is 1. The highest BCUT2D eigenvalue weighted by molar-refractivity contribution is 6.01. The topological polar surface area (TPSA) is 40.5 Å². The highest BCUT2D eigenvalue weighted by Gasteiger charge is 2.25. The van der Waals surface area contributed by atoms with E-state index in [4.69, 9.17) is 0 Å².